The Morgan fingerprint density at radius 3 is 2.53 bits per heavy atom. The van der Waals surface area contributed by atoms with Crippen molar-refractivity contribution in [2.75, 3.05) is 22.6 Å². The molecule has 106 valence electrons. The second kappa shape index (κ2) is 5.32. The molecule has 0 aliphatic carbocycles. The number of nitrogens with two attached hydrogens (primary N) is 1. The van der Waals surface area contributed by atoms with E-state index in [4.69, 9.17) is 5.73 Å². The van der Waals surface area contributed by atoms with Crippen molar-refractivity contribution in [1.29, 1.82) is 0 Å². The van der Waals surface area contributed by atoms with Crippen LogP contribution in [-0.4, -0.2) is 35.9 Å². The van der Waals surface area contributed by atoms with Gasteiger partial charge in [0.05, 0.1) is 11.5 Å². The van der Waals surface area contributed by atoms with Gasteiger partial charge in [-0.05, 0) is 12.8 Å². The van der Waals surface area contributed by atoms with Crippen LogP contribution in [0.5, 0.6) is 0 Å². The third-order valence-corrected chi connectivity index (χ3v) is 4.90. The van der Waals surface area contributed by atoms with Crippen LogP contribution < -0.4 is 11.1 Å². The summed E-state index contributed by atoms with van der Waals surface area (Å²) in [6.07, 6.45) is 1.23. The fourth-order valence-corrected chi connectivity index (χ4v) is 3.55. The van der Waals surface area contributed by atoms with Crippen LogP contribution in [0.25, 0.3) is 0 Å². The average Bonchev–Trinajstić information content (AvgIpc) is 2.31. The van der Waals surface area contributed by atoms with Crippen molar-refractivity contribution in [3.8, 4) is 0 Å². The van der Waals surface area contributed by atoms with Gasteiger partial charge in [-0.15, -0.1) is 0 Å². The van der Waals surface area contributed by atoms with Crippen molar-refractivity contribution in [3.63, 3.8) is 0 Å². The Morgan fingerprint density at radius 1 is 1.32 bits per heavy atom. The molecule has 0 spiro atoms. The summed E-state index contributed by atoms with van der Waals surface area (Å²) < 4.78 is 22.7. The summed E-state index contributed by atoms with van der Waals surface area (Å²) in [6, 6.07) is 1.83. The van der Waals surface area contributed by atoms with E-state index >= 15 is 0 Å². The van der Waals surface area contributed by atoms with E-state index in [0.717, 1.165) is 0 Å². The topological polar surface area (TPSA) is 98.0 Å². The van der Waals surface area contributed by atoms with E-state index in [-0.39, 0.29) is 23.5 Å². The molecule has 1 aromatic rings. The molecule has 1 aromatic heterocycles. The first-order chi connectivity index (χ1) is 8.85. The molecule has 0 unspecified atom stereocenters. The van der Waals surface area contributed by atoms with E-state index in [9.17, 15) is 8.42 Å². The van der Waals surface area contributed by atoms with E-state index in [1.807, 2.05) is 13.8 Å². The molecule has 3 N–H and O–H groups in total. The van der Waals surface area contributed by atoms with Crippen LogP contribution in [0.4, 0.5) is 11.6 Å². The zero-order chi connectivity index (χ0) is 14.0. The number of nitrogens with one attached hydrogen (secondary N) is 1. The number of nitrogen functional groups attached to an aromatic ring is 1. The summed E-state index contributed by atoms with van der Waals surface area (Å²) in [5.74, 6) is 2.50. The molecular formula is C12H20N4O2S. The van der Waals surface area contributed by atoms with Gasteiger partial charge in [0.1, 0.15) is 27.3 Å². The van der Waals surface area contributed by atoms with Crippen LogP contribution in [-0.2, 0) is 9.84 Å². The fourth-order valence-electron chi connectivity index (χ4n) is 2.06. The molecule has 0 radical (unpaired) electrons. The minimum absolute atomic E-state index is 0.137. The highest BCUT2D eigenvalue weighted by Crippen LogP contribution is 2.19. The lowest BCUT2D eigenvalue weighted by atomic mass is 10.1. The van der Waals surface area contributed by atoms with Crippen molar-refractivity contribution in [1.82, 2.24) is 9.97 Å². The maximum atomic E-state index is 11.4. The van der Waals surface area contributed by atoms with Crippen LogP contribution in [0.1, 0.15) is 38.4 Å². The first-order valence-corrected chi connectivity index (χ1v) is 8.29. The number of aromatic nitrogens is 2. The summed E-state index contributed by atoms with van der Waals surface area (Å²) in [4.78, 5) is 8.59. The quantitative estimate of drug-likeness (QED) is 0.864. The Labute approximate surface area is 113 Å². The molecule has 6 nitrogen and oxygen atoms in total. The van der Waals surface area contributed by atoms with E-state index in [0.29, 0.717) is 30.3 Å². The molecule has 1 fully saturated rings. The molecule has 0 saturated carbocycles. The van der Waals surface area contributed by atoms with Gasteiger partial charge in [0.2, 0.25) is 0 Å². The van der Waals surface area contributed by atoms with E-state index in [1.165, 1.54) is 0 Å². The van der Waals surface area contributed by atoms with Gasteiger partial charge in [0.15, 0.2) is 0 Å². The zero-order valence-electron chi connectivity index (χ0n) is 11.3. The maximum absolute atomic E-state index is 11.4. The van der Waals surface area contributed by atoms with Crippen molar-refractivity contribution >= 4 is 21.5 Å². The highest BCUT2D eigenvalue weighted by Gasteiger charge is 2.23. The van der Waals surface area contributed by atoms with Gasteiger partial charge in [-0.1, -0.05) is 13.8 Å². The molecular weight excluding hydrogens is 264 g/mol. The molecule has 1 saturated heterocycles. The Balaban J connectivity index is 2.07. The maximum Gasteiger partial charge on any atom is 0.150 e. The van der Waals surface area contributed by atoms with E-state index in [2.05, 4.69) is 15.3 Å². The first kappa shape index (κ1) is 14.0. The Hall–Kier alpha value is -1.37. The molecule has 2 rings (SSSR count). The SMILES string of the molecule is CC(C)c1nc(N)cc(NC2CCS(=O)(=O)CC2)n1. The fraction of sp³-hybridized carbons (Fsp3) is 0.667. The van der Waals surface area contributed by atoms with E-state index in [1.54, 1.807) is 6.07 Å². The number of hydrogen-bond acceptors (Lipinski definition) is 6. The summed E-state index contributed by atoms with van der Waals surface area (Å²) >= 11 is 0. The third-order valence-electron chi connectivity index (χ3n) is 3.19. The van der Waals surface area contributed by atoms with Crippen molar-refractivity contribution in [2.24, 2.45) is 0 Å². The Bertz CT molecular complexity index is 543. The van der Waals surface area contributed by atoms with Crippen LogP contribution in [0.2, 0.25) is 0 Å². The largest absolute Gasteiger partial charge is 0.384 e. The molecule has 0 bridgehead atoms. The van der Waals surface area contributed by atoms with Crippen LogP contribution in [0.15, 0.2) is 6.07 Å². The van der Waals surface area contributed by atoms with Gasteiger partial charge < -0.3 is 11.1 Å². The highest BCUT2D eigenvalue weighted by atomic mass is 32.2. The number of sulfone groups is 1. The van der Waals surface area contributed by atoms with Gasteiger partial charge in [-0.3, -0.25) is 0 Å². The number of nitrogens with zero attached hydrogens (tertiary/aromatic N) is 2. The molecule has 19 heavy (non-hydrogen) atoms. The van der Waals surface area contributed by atoms with Crippen molar-refractivity contribution in [2.45, 2.75) is 38.6 Å². The third kappa shape index (κ3) is 3.79. The number of anilines is 2. The Kier molecular flexibility index (Phi) is 3.93. The molecule has 1 aliphatic heterocycles. The van der Waals surface area contributed by atoms with Crippen molar-refractivity contribution in [3.05, 3.63) is 11.9 Å². The predicted octanol–water partition coefficient (Wildman–Crippen LogP) is 1.17. The monoisotopic (exact) mass is 284 g/mol. The molecule has 1 aliphatic rings. The second-order valence-electron chi connectivity index (χ2n) is 5.26. The molecule has 7 heteroatoms. The number of rotatable bonds is 3. The summed E-state index contributed by atoms with van der Waals surface area (Å²) in [5.41, 5.74) is 5.76. The zero-order valence-corrected chi connectivity index (χ0v) is 12.1. The molecule has 2 heterocycles. The first-order valence-electron chi connectivity index (χ1n) is 6.47. The lowest BCUT2D eigenvalue weighted by Gasteiger charge is -2.23. The van der Waals surface area contributed by atoms with Crippen LogP contribution in [0.3, 0.4) is 0 Å². The smallest absolute Gasteiger partial charge is 0.150 e. The Morgan fingerprint density at radius 2 is 1.95 bits per heavy atom. The van der Waals surface area contributed by atoms with E-state index < -0.39 is 9.84 Å². The van der Waals surface area contributed by atoms with Gasteiger partial charge in [0.25, 0.3) is 0 Å². The van der Waals surface area contributed by atoms with Gasteiger partial charge in [0, 0.05) is 18.0 Å². The highest BCUT2D eigenvalue weighted by molar-refractivity contribution is 7.91. The van der Waals surface area contributed by atoms with Gasteiger partial charge in [-0.25, -0.2) is 18.4 Å². The normalized spacial score (nSPS) is 19.5. The van der Waals surface area contributed by atoms with Gasteiger partial charge in [-0.2, -0.15) is 0 Å². The predicted molar refractivity (Wildman–Crippen MR) is 75.8 cm³/mol. The van der Waals surface area contributed by atoms with Crippen LogP contribution >= 0.6 is 0 Å². The minimum atomic E-state index is -2.84. The lowest BCUT2D eigenvalue weighted by molar-refractivity contribution is 0.558. The summed E-state index contributed by atoms with van der Waals surface area (Å²) in [6.45, 7) is 4.01. The summed E-state index contributed by atoms with van der Waals surface area (Å²) in [7, 11) is -2.84. The number of hydrogen-bond donors (Lipinski definition) is 2. The van der Waals surface area contributed by atoms with Crippen molar-refractivity contribution < 1.29 is 8.42 Å². The minimum Gasteiger partial charge on any atom is -0.384 e. The summed E-state index contributed by atoms with van der Waals surface area (Å²) in [5, 5.41) is 3.26. The average molecular weight is 284 g/mol. The molecule has 0 amide bonds. The van der Waals surface area contributed by atoms with Gasteiger partial charge >= 0.3 is 0 Å². The molecule has 0 aromatic carbocycles. The lowest BCUT2D eigenvalue weighted by Crippen LogP contribution is -2.32. The second-order valence-corrected chi connectivity index (χ2v) is 7.57. The molecule has 0 atom stereocenters. The standard InChI is InChI=1S/C12H20N4O2S/c1-8(2)12-15-10(13)7-11(16-12)14-9-3-5-19(17,18)6-4-9/h7-9H,3-6H2,1-2H3,(H3,13,14,15,16). The van der Waals surface area contributed by atoms with Crippen LogP contribution in [0, 0.1) is 0 Å².